The Morgan fingerprint density at radius 3 is 2.67 bits per heavy atom. The minimum atomic E-state index is -1.03. The average Bonchev–Trinajstić information content (AvgIpc) is 1.82. The molecule has 0 aliphatic carbocycles. The summed E-state index contributed by atoms with van der Waals surface area (Å²) in [7, 11) is 0. The van der Waals surface area contributed by atoms with E-state index in [4.69, 9.17) is 29.6 Å². The number of halogens is 2. The van der Waals surface area contributed by atoms with Gasteiger partial charge in [-0.05, 0) is 0 Å². The molecule has 0 radical (unpaired) electrons. The minimum absolute atomic E-state index is 0.161. The van der Waals surface area contributed by atoms with Crippen molar-refractivity contribution in [3.63, 3.8) is 0 Å². The van der Waals surface area contributed by atoms with Crippen molar-refractivity contribution in [1.82, 2.24) is 5.32 Å². The SMILES string of the molecule is C#CCNC(=O)C(Cl)Cl. The van der Waals surface area contributed by atoms with Crippen LogP contribution in [0.4, 0.5) is 0 Å². The first-order chi connectivity index (χ1) is 4.18. The minimum Gasteiger partial charge on any atom is -0.343 e. The van der Waals surface area contributed by atoms with Gasteiger partial charge >= 0.3 is 0 Å². The summed E-state index contributed by atoms with van der Waals surface area (Å²) in [5.41, 5.74) is 0. The highest BCUT2D eigenvalue weighted by Gasteiger charge is 2.08. The standard InChI is InChI=1S/C5H5Cl2NO/c1-2-3-8-5(9)4(6)7/h1,4H,3H2,(H,8,9). The van der Waals surface area contributed by atoms with E-state index >= 15 is 0 Å². The Bertz CT molecular complexity index is 138. The maximum absolute atomic E-state index is 10.4. The predicted octanol–water partition coefficient (Wildman–Crippen LogP) is 0.539. The van der Waals surface area contributed by atoms with E-state index < -0.39 is 10.7 Å². The number of terminal acetylenes is 1. The van der Waals surface area contributed by atoms with Crippen molar-refractivity contribution in [3.8, 4) is 12.3 Å². The van der Waals surface area contributed by atoms with Crippen molar-refractivity contribution < 1.29 is 4.79 Å². The number of hydrogen-bond donors (Lipinski definition) is 1. The van der Waals surface area contributed by atoms with E-state index in [-0.39, 0.29) is 6.54 Å². The zero-order chi connectivity index (χ0) is 7.28. The molecule has 0 atom stereocenters. The highest BCUT2D eigenvalue weighted by Crippen LogP contribution is 1.99. The molecule has 0 bridgehead atoms. The molecular formula is C5H5Cl2NO. The molecule has 0 saturated carbocycles. The molecule has 0 aliphatic heterocycles. The Kier molecular flexibility index (Phi) is 4.29. The number of nitrogens with one attached hydrogen (secondary N) is 1. The fraction of sp³-hybridized carbons (Fsp3) is 0.400. The highest BCUT2D eigenvalue weighted by molar-refractivity contribution is 6.53. The van der Waals surface area contributed by atoms with Gasteiger partial charge in [-0.15, -0.1) is 6.42 Å². The molecule has 0 fully saturated rings. The second kappa shape index (κ2) is 4.49. The summed E-state index contributed by atoms with van der Waals surface area (Å²) in [5.74, 6) is 1.74. The first kappa shape index (κ1) is 8.61. The van der Waals surface area contributed by atoms with Crippen molar-refractivity contribution in [2.45, 2.75) is 4.84 Å². The molecule has 0 aromatic rings. The van der Waals surface area contributed by atoms with Gasteiger partial charge in [0.2, 0.25) is 0 Å². The molecule has 9 heavy (non-hydrogen) atoms. The van der Waals surface area contributed by atoms with Gasteiger partial charge in [-0.1, -0.05) is 29.1 Å². The maximum Gasteiger partial charge on any atom is 0.254 e. The summed E-state index contributed by atoms with van der Waals surface area (Å²) in [4.78, 5) is 9.40. The molecule has 0 unspecified atom stereocenters. The van der Waals surface area contributed by atoms with Gasteiger partial charge in [0.15, 0.2) is 4.84 Å². The van der Waals surface area contributed by atoms with E-state index in [1.807, 2.05) is 0 Å². The molecular weight excluding hydrogens is 161 g/mol. The van der Waals surface area contributed by atoms with E-state index in [9.17, 15) is 4.79 Å². The number of carbonyl (C=O) groups excluding carboxylic acids is 1. The highest BCUT2D eigenvalue weighted by atomic mass is 35.5. The van der Waals surface area contributed by atoms with Crippen molar-refractivity contribution in [3.05, 3.63) is 0 Å². The van der Waals surface area contributed by atoms with Crippen LogP contribution in [-0.2, 0) is 4.79 Å². The summed E-state index contributed by atoms with van der Waals surface area (Å²) in [6.45, 7) is 0.161. The lowest BCUT2D eigenvalue weighted by molar-refractivity contribution is -0.119. The molecule has 0 aromatic carbocycles. The Morgan fingerprint density at radius 2 is 2.33 bits per heavy atom. The van der Waals surface area contributed by atoms with Gasteiger partial charge in [0.05, 0.1) is 6.54 Å². The molecule has 1 amide bonds. The van der Waals surface area contributed by atoms with Gasteiger partial charge in [-0.3, -0.25) is 4.79 Å². The van der Waals surface area contributed by atoms with Gasteiger partial charge in [-0.25, -0.2) is 0 Å². The second-order valence-electron chi connectivity index (χ2n) is 1.22. The molecule has 0 saturated heterocycles. The first-order valence-electron chi connectivity index (χ1n) is 2.18. The second-order valence-corrected chi connectivity index (χ2v) is 2.32. The lowest BCUT2D eigenvalue weighted by Crippen LogP contribution is -2.28. The molecule has 0 rings (SSSR count). The third-order valence-electron chi connectivity index (χ3n) is 0.563. The van der Waals surface area contributed by atoms with Gasteiger partial charge in [0.1, 0.15) is 0 Å². The molecule has 0 heterocycles. The summed E-state index contributed by atoms with van der Waals surface area (Å²) in [6.07, 6.45) is 4.83. The number of carbonyl (C=O) groups is 1. The number of rotatable bonds is 2. The van der Waals surface area contributed by atoms with Gasteiger partial charge in [0, 0.05) is 0 Å². The quantitative estimate of drug-likeness (QED) is 0.470. The van der Waals surface area contributed by atoms with Crippen LogP contribution >= 0.6 is 23.2 Å². The van der Waals surface area contributed by atoms with Crippen LogP contribution < -0.4 is 5.32 Å². The molecule has 50 valence electrons. The van der Waals surface area contributed by atoms with Crippen molar-refractivity contribution in [2.24, 2.45) is 0 Å². The van der Waals surface area contributed by atoms with E-state index in [1.54, 1.807) is 0 Å². The molecule has 0 aliphatic rings. The summed E-state index contributed by atoms with van der Waals surface area (Å²) >= 11 is 10.3. The summed E-state index contributed by atoms with van der Waals surface area (Å²) in [6, 6.07) is 0. The van der Waals surface area contributed by atoms with Crippen LogP contribution in [0.2, 0.25) is 0 Å². The number of alkyl halides is 2. The fourth-order valence-corrected chi connectivity index (χ4v) is 0.370. The van der Waals surface area contributed by atoms with Crippen LogP contribution in [-0.4, -0.2) is 17.3 Å². The Balaban J connectivity index is 3.42. The number of hydrogen-bond acceptors (Lipinski definition) is 1. The van der Waals surface area contributed by atoms with E-state index in [1.165, 1.54) is 0 Å². The molecule has 1 N–H and O–H groups in total. The van der Waals surface area contributed by atoms with E-state index in [0.717, 1.165) is 0 Å². The third-order valence-corrected chi connectivity index (χ3v) is 0.959. The van der Waals surface area contributed by atoms with Crippen LogP contribution in [0.3, 0.4) is 0 Å². The number of amides is 1. The molecule has 4 heteroatoms. The van der Waals surface area contributed by atoms with E-state index in [2.05, 4.69) is 11.2 Å². The monoisotopic (exact) mass is 165 g/mol. The van der Waals surface area contributed by atoms with Gasteiger partial charge in [-0.2, -0.15) is 0 Å². The van der Waals surface area contributed by atoms with Crippen LogP contribution in [0.1, 0.15) is 0 Å². The van der Waals surface area contributed by atoms with Crippen LogP contribution in [0.5, 0.6) is 0 Å². The topological polar surface area (TPSA) is 29.1 Å². The lowest BCUT2D eigenvalue weighted by atomic mass is 10.6. The van der Waals surface area contributed by atoms with Gasteiger partial charge in [0.25, 0.3) is 5.91 Å². The molecule has 0 spiro atoms. The normalized spacial score (nSPS) is 8.67. The van der Waals surface area contributed by atoms with Crippen molar-refractivity contribution in [1.29, 1.82) is 0 Å². The molecule has 2 nitrogen and oxygen atoms in total. The van der Waals surface area contributed by atoms with Crippen molar-refractivity contribution in [2.75, 3.05) is 6.54 Å². The Labute approximate surface area is 63.5 Å². The zero-order valence-corrected chi connectivity index (χ0v) is 6.04. The van der Waals surface area contributed by atoms with Crippen molar-refractivity contribution >= 4 is 29.1 Å². The lowest BCUT2D eigenvalue weighted by Gasteiger charge is -1.98. The average molecular weight is 166 g/mol. The Morgan fingerprint density at radius 1 is 1.78 bits per heavy atom. The smallest absolute Gasteiger partial charge is 0.254 e. The maximum atomic E-state index is 10.4. The summed E-state index contributed by atoms with van der Waals surface area (Å²) < 4.78 is 0. The van der Waals surface area contributed by atoms with Crippen LogP contribution in [0.15, 0.2) is 0 Å². The first-order valence-corrected chi connectivity index (χ1v) is 3.05. The van der Waals surface area contributed by atoms with E-state index in [0.29, 0.717) is 0 Å². The van der Waals surface area contributed by atoms with Crippen LogP contribution in [0, 0.1) is 12.3 Å². The zero-order valence-electron chi connectivity index (χ0n) is 4.53. The van der Waals surface area contributed by atoms with Gasteiger partial charge < -0.3 is 5.32 Å². The fourth-order valence-electron chi connectivity index (χ4n) is 0.215. The third kappa shape index (κ3) is 4.14. The van der Waals surface area contributed by atoms with Crippen LogP contribution in [0.25, 0.3) is 0 Å². The molecule has 0 aromatic heterocycles. The Hall–Kier alpha value is -0.390. The summed E-state index contributed by atoms with van der Waals surface area (Å²) in [5, 5.41) is 2.29. The predicted molar refractivity (Wildman–Crippen MR) is 37.3 cm³/mol. The largest absolute Gasteiger partial charge is 0.343 e.